The van der Waals surface area contributed by atoms with Crippen molar-refractivity contribution < 1.29 is 0 Å². The van der Waals surface area contributed by atoms with Gasteiger partial charge in [0.1, 0.15) is 0 Å². The van der Waals surface area contributed by atoms with Crippen LogP contribution in [0, 0.1) is 18.3 Å². The van der Waals surface area contributed by atoms with Crippen LogP contribution < -0.4 is 0 Å². The molecule has 4 nitrogen and oxygen atoms in total. The Balaban J connectivity index is 2.22. The molecule has 0 bridgehead atoms. The number of halogens is 2. The highest BCUT2D eigenvalue weighted by Gasteiger charge is 2.19. The Labute approximate surface area is 154 Å². The van der Waals surface area contributed by atoms with E-state index in [1.54, 1.807) is 12.1 Å². The van der Waals surface area contributed by atoms with E-state index in [0.717, 1.165) is 16.8 Å². The van der Waals surface area contributed by atoms with E-state index in [2.05, 4.69) is 16.3 Å². The van der Waals surface area contributed by atoms with Gasteiger partial charge in [-0.15, -0.1) is 10.2 Å². The topological polar surface area (TPSA) is 54.5 Å². The molecular weight excluding hydrogens is 363 g/mol. The van der Waals surface area contributed by atoms with E-state index in [1.165, 1.54) is 11.8 Å². The molecule has 120 valence electrons. The highest BCUT2D eigenvalue weighted by molar-refractivity contribution is 7.99. The minimum atomic E-state index is 0.290. The van der Waals surface area contributed by atoms with Gasteiger partial charge in [-0.05, 0) is 36.8 Å². The van der Waals surface area contributed by atoms with Gasteiger partial charge < -0.3 is 0 Å². The van der Waals surface area contributed by atoms with Crippen molar-refractivity contribution in [2.75, 3.05) is 5.75 Å². The second-order valence-corrected chi connectivity index (χ2v) is 6.79. The lowest BCUT2D eigenvalue weighted by Gasteiger charge is -2.13. The normalized spacial score (nSPS) is 10.6. The van der Waals surface area contributed by atoms with E-state index in [1.807, 2.05) is 41.8 Å². The van der Waals surface area contributed by atoms with Gasteiger partial charge in [-0.25, -0.2) is 0 Å². The fourth-order valence-corrected chi connectivity index (χ4v) is 3.44. The van der Waals surface area contributed by atoms with Gasteiger partial charge in [-0.1, -0.05) is 53.2 Å². The largest absolute Gasteiger partial charge is 0.270 e. The van der Waals surface area contributed by atoms with Gasteiger partial charge >= 0.3 is 0 Å². The third kappa shape index (κ3) is 3.27. The molecule has 0 aliphatic heterocycles. The summed E-state index contributed by atoms with van der Waals surface area (Å²) in [6, 6.07) is 15.3. The highest BCUT2D eigenvalue weighted by atomic mass is 35.5. The fourth-order valence-electron chi connectivity index (χ4n) is 2.34. The first-order valence-corrected chi connectivity index (χ1v) is 8.82. The zero-order valence-electron chi connectivity index (χ0n) is 12.7. The first-order chi connectivity index (χ1) is 11.6. The Morgan fingerprint density at radius 3 is 2.67 bits per heavy atom. The van der Waals surface area contributed by atoms with Crippen LogP contribution in [0.4, 0.5) is 0 Å². The predicted molar refractivity (Wildman–Crippen MR) is 97.9 cm³/mol. The number of rotatable bonds is 4. The lowest BCUT2D eigenvalue weighted by atomic mass is 10.1. The molecule has 2 aromatic carbocycles. The highest BCUT2D eigenvalue weighted by Crippen LogP contribution is 2.34. The molecule has 0 unspecified atom stereocenters. The van der Waals surface area contributed by atoms with Crippen LogP contribution in [0.15, 0.2) is 47.6 Å². The van der Waals surface area contributed by atoms with E-state index in [-0.39, 0.29) is 0 Å². The average Bonchev–Trinajstić information content (AvgIpc) is 2.97. The van der Waals surface area contributed by atoms with E-state index in [9.17, 15) is 0 Å². The summed E-state index contributed by atoms with van der Waals surface area (Å²) in [5.41, 5.74) is 2.76. The summed E-state index contributed by atoms with van der Waals surface area (Å²) < 4.78 is 1.92. The number of aryl methyl sites for hydroxylation is 1. The Hall–Kier alpha value is -2.00. The second-order valence-electron chi connectivity index (χ2n) is 5.00. The summed E-state index contributed by atoms with van der Waals surface area (Å²) in [5, 5.41) is 19.1. The Morgan fingerprint density at radius 1 is 1.17 bits per heavy atom. The molecule has 0 atom stereocenters. The number of hydrogen-bond donors (Lipinski definition) is 0. The number of aromatic nitrogens is 3. The summed E-state index contributed by atoms with van der Waals surface area (Å²) >= 11 is 13.7. The molecule has 0 amide bonds. The molecule has 1 aromatic heterocycles. The first kappa shape index (κ1) is 16.8. The van der Waals surface area contributed by atoms with Crippen LogP contribution in [0.3, 0.4) is 0 Å². The van der Waals surface area contributed by atoms with Crippen LogP contribution in [0.2, 0.25) is 10.0 Å². The quantitative estimate of drug-likeness (QED) is 0.591. The van der Waals surface area contributed by atoms with Crippen molar-refractivity contribution in [2.24, 2.45) is 0 Å². The van der Waals surface area contributed by atoms with Gasteiger partial charge in [-0.2, -0.15) is 5.26 Å². The van der Waals surface area contributed by atoms with Gasteiger partial charge in [0, 0.05) is 10.6 Å². The molecular formula is C17H12Cl2N4S. The van der Waals surface area contributed by atoms with Crippen molar-refractivity contribution in [3.63, 3.8) is 0 Å². The molecule has 0 fully saturated rings. The van der Waals surface area contributed by atoms with E-state index >= 15 is 0 Å². The summed E-state index contributed by atoms with van der Waals surface area (Å²) in [4.78, 5) is 0. The van der Waals surface area contributed by atoms with Crippen molar-refractivity contribution in [1.29, 1.82) is 5.26 Å². The average molecular weight is 375 g/mol. The number of thioether (sulfide) groups is 1. The maximum atomic E-state index is 8.88. The summed E-state index contributed by atoms with van der Waals surface area (Å²) in [6.45, 7) is 2.02. The standard InChI is InChI=1S/C17H12Cl2N4S/c1-11-4-2-3-5-15(11)23-16(21-22-17(23)24-9-8-20)13-7-6-12(18)10-14(13)19/h2-7,10H,9H2,1H3. The lowest BCUT2D eigenvalue weighted by molar-refractivity contribution is 0.882. The van der Waals surface area contributed by atoms with Gasteiger partial charge in [-0.3, -0.25) is 4.57 Å². The molecule has 24 heavy (non-hydrogen) atoms. The minimum absolute atomic E-state index is 0.290. The van der Waals surface area contributed by atoms with Crippen molar-refractivity contribution in [2.45, 2.75) is 12.1 Å². The van der Waals surface area contributed by atoms with Crippen LogP contribution in [0.1, 0.15) is 5.56 Å². The number of hydrogen-bond acceptors (Lipinski definition) is 4. The van der Waals surface area contributed by atoms with E-state index < -0.39 is 0 Å². The molecule has 0 aliphatic carbocycles. The zero-order valence-corrected chi connectivity index (χ0v) is 15.0. The fraction of sp³-hybridized carbons (Fsp3) is 0.118. The Bertz CT molecular complexity index is 931. The molecule has 0 aliphatic rings. The Morgan fingerprint density at radius 2 is 1.96 bits per heavy atom. The number of benzene rings is 2. The summed E-state index contributed by atoms with van der Waals surface area (Å²) in [6.07, 6.45) is 0. The Kier molecular flexibility index (Phi) is 5.10. The van der Waals surface area contributed by atoms with Crippen LogP contribution in [0.25, 0.3) is 17.1 Å². The van der Waals surface area contributed by atoms with Crippen molar-refractivity contribution in [3.8, 4) is 23.1 Å². The monoisotopic (exact) mass is 374 g/mol. The molecule has 0 N–H and O–H groups in total. The molecule has 0 radical (unpaired) electrons. The molecule has 1 heterocycles. The maximum Gasteiger partial charge on any atom is 0.197 e. The van der Waals surface area contributed by atoms with Crippen LogP contribution in [-0.4, -0.2) is 20.5 Å². The molecule has 0 saturated carbocycles. The third-order valence-electron chi connectivity index (χ3n) is 3.43. The maximum absolute atomic E-state index is 8.88. The van der Waals surface area contributed by atoms with Gasteiger partial charge in [0.15, 0.2) is 11.0 Å². The molecule has 3 rings (SSSR count). The van der Waals surface area contributed by atoms with E-state index in [0.29, 0.717) is 26.8 Å². The predicted octanol–water partition coefficient (Wildman–Crippen LogP) is 5.17. The van der Waals surface area contributed by atoms with Crippen molar-refractivity contribution in [3.05, 3.63) is 58.1 Å². The summed E-state index contributed by atoms with van der Waals surface area (Å²) in [7, 11) is 0. The number of nitrogens with zero attached hydrogens (tertiary/aromatic N) is 4. The molecule has 0 saturated heterocycles. The number of para-hydroxylation sites is 1. The molecule has 7 heteroatoms. The SMILES string of the molecule is Cc1ccccc1-n1c(SCC#N)nnc1-c1ccc(Cl)cc1Cl. The zero-order chi connectivity index (χ0) is 17.1. The van der Waals surface area contributed by atoms with Crippen LogP contribution in [-0.2, 0) is 0 Å². The minimum Gasteiger partial charge on any atom is -0.270 e. The van der Waals surface area contributed by atoms with Crippen molar-refractivity contribution >= 4 is 35.0 Å². The summed E-state index contributed by atoms with van der Waals surface area (Å²) in [5.74, 6) is 0.907. The second kappa shape index (κ2) is 7.27. The van der Waals surface area contributed by atoms with Gasteiger partial charge in [0.2, 0.25) is 0 Å². The van der Waals surface area contributed by atoms with Crippen molar-refractivity contribution in [1.82, 2.24) is 14.8 Å². The van der Waals surface area contributed by atoms with Crippen LogP contribution in [0.5, 0.6) is 0 Å². The van der Waals surface area contributed by atoms with E-state index in [4.69, 9.17) is 28.5 Å². The molecule has 0 spiro atoms. The third-order valence-corrected chi connectivity index (χ3v) is 4.77. The molecule has 3 aromatic rings. The first-order valence-electron chi connectivity index (χ1n) is 7.08. The van der Waals surface area contributed by atoms with Crippen LogP contribution >= 0.6 is 35.0 Å². The number of nitriles is 1. The van der Waals surface area contributed by atoms with Gasteiger partial charge in [0.05, 0.1) is 22.5 Å². The smallest absolute Gasteiger partial charge is 0.197 e. The lowest BCUT2D eigenvalue weighted by Crippen LogP contribution is -2.02. The van der Waals surface area contributed by atoms with Gasteiger partial charge in [0.25, 0.3) is 0 Å².